The maximum absolute atomic E-state index is 2.52. The molecule has 296 valence electrons. The molecule has 0 N–H and O–H groups in total. The molecule has 2 heterocycles. The zero-order valence-electron chi connectivity index (χ0n) is 35.2. The third kappa shape index (κ3) is 5.93. The molecule has 0 spiro atoms. The summed E-state index contributed by atoms with van der Waals surface area (Å²) in [4.78, 5) is 5.03. The van der Waals surface area contributed by atoms with Gasteiger partial charge in [0.05, 0.1) is 0 Å². The molecular weight excluding hydrogens is 749 g/mol. The van der Waals surface area contributed by atoms with Crippen LogP contribution in [0.3, 0.4) is 0 Å². The highest BCUT2D eigenvalue weighted by atomic mass is 15.2. The number of aryl methyl sites for hydroxylation is 6. The van der Waals surface area contributed by atoms with Gasteiger partial charge in [0.15, 0.2) is 0 Å². The van der Waals surface area contributed by atoms with E-state index in [-0.39, 0.29) is 0 Å². The smallest absolute Gasteiger partial charge is 0.0493 e. The van der Waals surface area contributed by atoms with Gasteiger partial charge in [-0.15, -0.1) is 0 Å². The van der Waals surface area contributed by atoms with Gasteiger partial charge in [-0.1, -0.05) is 157 Å². The van der Waals surface area contributed by atoms with E-state index in [0.717, 1.165) is 25.7 Å². The Morgan fingerprint density at radius 2 is 0.742 bits per heavy atom. The van der Waals surface area contributed by atoms with E-state index in [1.165, 1.54) is 122 Å². The van der Waals surface area contributed by atoms with E-state index in [2.05, 4.69) is 218 Å². The van der Waals surface area contributed by atoms with Gasteiger partial charge in [0.1, 0.15) is 0 Å². The van der Waals surface area contributed by atoms with E-state index >= 15 is 0 Å². The van der Waals surface area contributed by atoms with Gasteiger partial charge >= 0.3 is 0 Å². The predicted molar refractivity (Wildman–Crippen MR) is 263 cm³/mol. The van der Waals surface area contributed by atoms with Crippen molar-refractivity contribution in [2.24, 2.45) is 0 Å². The van der Waals surface area contributed by atoms with Gasteiger partial charge in [-0.05, 0) is 165 Å². The molecule has 2 aliphatic rings. The highest BCUT2D eigenvalue weighted by Crippen LogP contribution is 2.51. The molecule has 0 fully saturated rings. The van der Waals surface area contributed by atoms with Gasteiger partial charge in [-0.25, -0.2) is 0 Å². The molecule has 0 saturated heterocycles. The minimum absolute atomic E-state index is 1.01. The first-order valence-corrected chi connectivity index (χ1v) is 22.1. The van der Waals surface area contributed by atoms with Crippen LogP contribution in [0.5, 0.6) is 0 Å². The fraction of sp³-hybridized carbons (Fsp3) is 0.100. The first kappa shape index (κ1) is 36.4. The highest BCUT2D eigenvalue weighted by Gasteiger charge is 2.27. The third-order valence-corrected chi connectivity index (χ3v) is 13.4. The van der Waals surface area contributed by atoms with E-state index in [4.69, 9.17) is 0 Å². The fourth-order valence-corrected chi connectivity index (χ4v) is 10.8. The summed E-state index contributed by atoms with van der Waals surface area (Å²) in [5.41, 5.74) is 20.4. The summed E-state index contributed by atoms with van der Waals surface area (Å²) in [5, 5.41) is 7.49. The first-order valence-electron chi connectivity index (χ1n) is 22.1. The van der Waals surface area contributed by atoms with Crippen LogP contribution in [0.4, 0.5) is 34.1 Å². The zero-order chi connectivity index (χ0) is 41.3. The Labute approximate surface area is 364 Å². The molecule has 2 nitrogen and oxygen atoms in total. The molecule has 0 unspecified atom stereocenters. The zero-order valence-corrected chi connectivity index (χ0v) is 35.2. The molecule has 2 heteroatoms. The van der Waals surface area contributed by atoms with Gasteiger partial charge in [0, 0.05) is 34.1 Å². The largest absolute Gasteiger partial charge is 0.310 e. The predicted octanol–water partition coefficient (Wildman–Crippen LogP) is 16.2. The number of para-hydroxylation sites is 4. The number of fused-ring (bicyclic) bond motifs is 7. The molecule has 62 heavy (non-hydrogen) atoms. The normalized spacial score (nSPS) is 13.3. The van der Waals surface area contributed by atoms with Gasteiger partial charge in [-0.3, -0.25) is 0 Å². The van der Waals surface area contributed by atoms with E-state index in [0.29, 0.717) is 0 Å². The molecule has 10 aromatic rings. The molecule has 0 bridgehead atoms. The van der Waals surface area contributed by atoms with Crippen molar-refractivity contribution in [2.45, 2.75) is 39.5 Å². The van der Waals surface area contributed by atoms with Crippen molar-refractivity contribution in [3.8, 4) is 22.3 Å². The minimum Gasteiger partial charge on any atom is -0.310 e. The molecule has 0 radical (unpaired) electrons. The van der Waals surface area contributed by atoms with Crippen LogP contribution in [-0.4, -0.2) is 0 Å². The average molecular weight is 795 g/mol. The lowest BCUT2D eigenvalue weighted by Gasteiger charge is -2.29. The quantitative estimate of drug-likeness (QED) is 0.164. The Bertz CT molecular complexity index is 3290. The second-order valence-electron chi connectivity index (χ2n) is 17.3. The molecule has 0 aromatic heterocycles. The first-order chi connectivity index (χ1) is 30.6. The second-order valence-corrected chi connectivity index (χ2v) is 17.3. The Hall–Kier alpha value is -7.42. The van der Waals surface area contributed by atoms with Crippen LogP contribution < -0.4 is 9.80 Å². The molecule has 0 atom stereocenters. The van der Waals surface area contributed by atoms with E-state index in [1.54, 1.807) is 0 Å². The Balaban J connectivity index is 1.22. The van der Waals surface area contributed by atoms with Crippen molar-refractivity contribution >= 4 is 66.4 Å². The van der Waals surface area contributed by atoms with Gasteiger partial charge in [-0.2, -0.15) is 0 Å². The lowest BCUT2D eigenvalue weighted by Crippen LogP contribution is -2.12. The van der Waals surface area contributed by atoms with Crippen molar-refractivity contribution in [3.05, 3.63) is 228 Å². The number of rotatable bonds is 4. The number of hydrogen-bond acceptors (Lipinski definition) is 2. The standard InChI is InChI=1S/C60H46N2/c1-39-34-40(2)36-46(35-39)59-51-32-30-48(62-57-24-11-6-17-44(57)28-29-45-18-7-12-25-58(45)62)38-54(51)60(50-21-13-19-41-14-3-8-20-49(41)50)52-33-31-47(37-53(52)59)61-55-22-9-4-15-42(55)26-27-43-16-5-10-23-56(43)61/h3-25,30-38H,26-29H2,1-2H3. The third-order valence-electron chi connectivity index (χ3n) is 13.4. The van der Waals surface area contributed by atoms with Crippen LogP contribution >= 0.6 is 0 Å². The number of benzene rings is 10. The molecule has 0 aliphatic carbocycles. The van der Waals surface area contributed by atoms with Crippen molar-refractivity contribution in [1.82, 2.24) is 0 Å². The summed E-state index contributed by atoms with van der Waals surface area (Å²) in [5.74, 6) is 0. The molecule has 10 aromatic carbocycles. The van der Waals surface area contributed by atoms with Crippen LogP contribution in [0.2, 0.25) is 0 Å². The van der Waals surface area contributed by atoms with Crippen molar-refractivity contribution < 1.29 is 0 Å². The summed E-state index contributed by atoms with van der Waals surface area (Å²) in [6.45, 7) is 4.46. The van der Waals surface area contributed by atoms with Crippen LogP contribution in [0.1, 0.15) is 33.4 Å². The average Bonchev–Trinajstić information content (AvgIpc) is 3.58. The van der Waals surface area contributed by atoms with Gasteiger partial charge in [0.25, 0.3) is 0 Å². The lowest BCUT2D eigenvalue weighted by molar-refractivity contribution is 0.977. The molecule has 2 aliphatic heterocycles. The highest BCUT2D eigenvalue weighted by molar-refractivity contribution is 6.24. The van der Waals surface area contributed by atoms with Crippen LogP contribution in [0.25, 0.3) is 54.6 Å². The van der Waals surface area contributed by atoms with Crippen LogP contribution in [-0.2, 0) is 25.7 Å². The maximum Gasteiger partial charge on any atom is 0.0493 e. The second kappa shape index (κ2) is 14.6. The van der Waals surface area contributed by atoms with E-state index in [9.17, 15) is 0 Å². The van der Waals surface area contributed by atoms with Crippen LogP contribution in [0.15, 0.2) is 194 Å². The molecular formula is C60H46N2. The Kier molecular flexibility index (Phi) is 8.60. The maximum atomic E-state index is 2.52. The van der Waals surface area contributed by atoms with E-state index in [1.807, 2.05) is 0 Å². The summed E-state index contributed by atoms with van der Waals surface area (Å²) in [7, 11) is 0. The van der Waals surface area contributed by atoms with Gasteiger partial charge < -0.3 is 9.80 Å². The van der Waals surface area contributed by atoms with Crippen molar-refractivity contribution in [2.75, 3.05) is 9.80 Å². The number of anilines is 6. The van der Waals surface area contributed by atoms with E-state index < -0.39 is 0 Å². The summed E-state index contributed by atoms with van der Waals surface area (Å²) in [6, 6.07) is 73.3. The molecule has 0 saturated carbocycles. The summed E-state index contributed by atoms with van der Waals surface area (Å²) < 4.78 is 0. The van der Waals surface area contributed by atoms with Crippen molar-refractivity contribution in [1.29, 1.82) is 0 Å². The number of hydrogen-bond donors (Lipinski definition) is 0. The minimum atomic E-state index is 1.01. The summed E-state index contributed by atoms with van der Waals surface area (Å²) in [6.07, 6.45) is 4.03. The number of nitrogens with zero attached hydrogens (tertiary/aromatic N) is 2. The Morgan fingerprint density at radius 3 is 1.26 bits per heavy atom. The molecule has 12 rings (SSSR count). The lowest BCUT2D eigenvalue weighted by atomic mass is 9.83. The SMILES string of the molecule is Cc1cc(C)cc(-c2c3cc(N4c5ccccc5CCc5ccccc54)ccc3c(-c3cccc4ccccc34)c3cc(N4c5ccccc5CCc5ccccc54)ccc23)c1. The Morgan fingerprint density at radius 1 is 0.323 bits per heavy atom. The monoisotopic (exact) mass is 794 g/mol. The molecule has 0 amide bonds. The fourth-order valence-electron chi connectivity index (χ4n) is 10.8. The topological polar surface area (TPSA) is 6.48 Å². The summed E-state index contributed by atoms with van der Waals surface area (Å²) >= 11 is 0. The van der Waals surface area contributed by atoms with Crippen LogP contribution in [0, 0.1) is 13.8 Å². The van der Waals surface area contributed by atoms with Gasteiger partial charge in [0.2, 0.25) is 0 Å². The van der Waals surface area contributed by atoms with Crippen molar-refractivity contribution in [3.63, 3.8) is 0 Å².